The zero-order valence-corrected chi connectivity index (χ0v) is 13.7. The van der Waals surface area contributed by atoms with Crippen LogP contribution in [0.4, 0.5) is 5.82 Å². The van der Waals surface area contributed by atoms with Gasteiger partial charge >= 0.3 is 0 Å². The van der Waals surface area contributed by atoms with Crippen LogP contribution in [-0.2, 0) is 4.74 Å². The topological polar surface area (TPSA) is 77.7 Å². The molecule has 2 aliphatic heterocycles. The first-order chi connectivity index (χ1) is 12.3. The van der Waals surface area contributed by atoms with E-state index in [1.54, 1.807) is 17.0 Å². The normalized spacial score (nSPS) is 22.1. The van der Waals surface area contributed by atoms with E-state index < -0.39 is 0 Å². The zero-order chi connectivity index (χ0) is 16.7. The lowest BCUT2D eigenvalue weighted by Crippen LogP contribution is -2.66. The molecular formula is C17H18N6O2. The third-order valence-electron chi connectivity index (χ3n) is 4.80. The van der Waals surface area contributed by atoms with Gasteiger partial charge in [-0.1, -0.05) is 6.07 Å². The van der Waals surface area contributed by atoms with Crippen molar-refractivity contribution in [2.45, 2.75) is 24.5 Å². The molecule has 25 heavy (non-hydrogen) atoms. The van der Waals surface area contributed by atoms with E-state index >= 15 is 0 Å². The Balaban J connectivity index is 1.26. The minimum absolute atomic E-state index is 0.138. The van der Waals surface area contributed by atoms with Crippen molar-refractivity contribution >= 4 is 11.5 Å². The number of pyridine rings is 1. The van der Waals surface area contributed by atoms with Crippen molar-refractivity contribution < 1.29 is 9.47 Å². The van der Waals surface area contributed by atoms with Crippen molar-refractivity contribution in [2.75, 3.05) is 24.6 Å². The fraction of sp³-hybridized carbons (Fsp3) is 0.412. The SMILES string of the molecule is c1ccc(O[C@H]2CCOC3(C2)CN(c2ccc4nncn4n2)C3)nc1. The van der Waals surface area contributed by atoms with Crippen LogP contribution in [0.3, 0.4) is 0 Å². The minimum Gasteiger partial charge on any atom is -0.474 e. The Labute approximate surface area is 144 Å². The fourth-order valence-electron chi connectivity index (χ4n) is 3.59. The molecule has 1 atom stereocenters. The molecule has 8 nitrogen and oxygen atoms in total. The highest BCUT2D eigenvalue weighted by molar-refractivity contribution is 5.48. The third-order valence-corrected chi connectivity index (χ3v) is 4.80. The molecule has 5 heterocycles. The summed E-state index contributed by atoms with van der Waals surface area (Å²) in [5.74, 6) is 1.59. The first kappa shape index (κ1) is 14.6. The standard InChI is InChI=1S/C17H18N6O2/c1-2-7-18-16(3-1)25-13-6-8-24-17(9-13)10-22(11-17)15-5-4-14-20-19-12-23(14)21-15/h1-5,7,12-13H,6,8-11H2/t13-/m0/s1. The van der Waals surface area contributed by atoms with Crippen LogP contribution in [0.5, 0.6) is 5.88 Å². The largest absolute Gasteiger partial charge is 0.474 e. The Morgan fingerprint density at radius 3 is 3.04 bits per heavy atom. The lowest BCUT2D eigenvalue weighted by Gasteiger charge is -2.53. The molecule has 2 fully saturated rings. The van der Waals surface area contributed by atoms with Crippen LogP contribution in [-0.4, -0.2) is 56.2 Å². The van der Waals surface area contributed by atoms with Crippen molar-refractivity contribution in [3.8, 4) is 5.88 Å². The van der Waals surface area contributed by atoms with Gasteiger partial charge in [-0.3, -0.25) is 0 Å². The van der Waals surface area contributed by atoms with E-state index in [2.05, 4.69) is 25.2 Å². The van der Waals surface area contributed by atoms with Crippen LogP contribution >= 0.6 is 0 Å². The summed E-state index contributed by atoms with van der Waals surface area (Å²) in [6.07, 6.45) is 5.27. The summed E-state index contributed by atoms with van der Waals surface area (Å²) in [5, 5.41) is 12.4. The van der Waals surface area contributed by atoms with Crippen molar-refractivity contribution in [1.82, 2.24) is 24.8 Å². The highest BCUT2D eigenvalue weighted by Gasteiger charge is 2.48. The molecule has 0 saturated carbocycles. The van der Waals surface area contributed by atoms with E-state index in [-0.39, 0.29) is 11.7 Å². The van der Waals surface area contributed by atoms with Gasteiger partial charge in [0.15, 0.2) is 5.65 Å². The summed E-state index contributed by atoms with van der Waals surface area (Å²) >= 11 is 0. The molecule has 0 radical (unpaired) electrons. The second kappa shape index (κ2) is 5.66. The molecule has 8 heteroatoms. The Hall–Kier alpha value is -2.74. The monoisotopic (exact) mass is 338 g/mol. The van der Waals surface area contributed by atoms with Crippen molar-refractivity contribution in [3.63, 3.8) is 0 Å². The van der Waals surface area contributed by atoms with Gasteiger partial charge in [0.05, 0.1) is 19.7 Å². The first-order valence-corrected chi connectivity index (χ1v) is 8.43. The van der Waals surface area contributed by atoms with Gasteiger partial charge in [-0.25, -0.2) is 4.98 Å². The molecule has 128 valence electrons. The summed E-state index contributed by atoms with van der Waals surface area (Å²) in [5.41, 5.74) is 0.596. The first-order valence-electron chi connectivity index (χ1n) is 8.43. The van der Waals surface area contributed by atoms with Gasteiger partial charge in [0, 0.05) is 25.1 Å². The maximum atomic E-state index is 6.09. The van der Waals surface area contributed by atoms with E-state index in [4.69, 9.17) is 9.47 Å². The summed E-state index contributed by atoms with van der Waals surface area (Å²) in [6, 6.07) is 9.63. The number of ether oxygens (including phenoxy) is 2. The van der Waals surface area contributed by atoms with Gasteiger partial charge in [-0.05, 0) is 18.2 Å². The minimum atomic E-state index is -0.151. The predicted molar refractivity (Wildman–Crippen MR) is 89.6 cm³/mol. The summed E-state index contributed by atoms with van der Waals surface area (Å²) < 4.78 is 13.8. The molecule has 0 aromatic carbocycles. The van der Waals surface area contributed by atoms with E-state index in [1.807, 2.05) is 30.3 Å². The lowest BCUT2D eigenvalue weighted by atomic mass is 9.84. The molecular weight excluding hydrogens is 320 g/mol. The number of fused-ring (bicyclic) bond motifs is 1. The van der Waals surface area contributed by atoms with Crippen LogP contribution in [0.25, 0.3) is 5.65 Å². The van der Waals surface area contributed by atoms with Gasteiger partial charge < -0.3 is 14.4 Å². The maximum absolute atomic E-state index is 6.09. The molecule has 1 spiro atoms. The van der Waals surface area contributed by atoms with Gasteiger partial charge in [-0.2, -0.15) is 4.52 Å². The van der Waals surface area contributed by atoms with Crippen molar-refractivity contribution in [2.24, 2.45) is 0 Å². The highest BCUT2D eigenvalue weighted by atomic mass is 16.5. The van der Waals surface area contributed by atoms with Gasteiger partial charge in [0.25, 0.3) is 0 Å². The predicted octanol–water partition coefficient (Wildman–Crippen LogP) is 1.34. The number of rotatable bonds is 3. The van der Waals surface area contributed by atoms with Crippen LogP contribution in [0.2, 0.25) is 0 Å². The average Bonchev–Trinajstić information content (AvgIpc) is 3.08. The van der Waals surface area contributed by atoms with E-state index in [0.717, 1.165) is 37.4 Å². The molecule has 3 aromatic heterocycles. The summed E-state index contributed by atoms with van der Waals surface area (Å²) in [6.45, 7) is 2.34. The Bertz CT molecular complexity index is 877. The molecule has 2 aliphatic rings. The molecule has 3 aromatic rings. The highest BCUT2D eigenvalue weighted by Crippen LogP contribution is 2.37. The molecule has 0 bridgehead atoms. The second-order valence-electron chi connectivity index (χ2n) is 6.61. The number of hydrogen-bond donors (Lipinski definition) is 0. The molecule has 2 saturated heterocycles. The molecule has 0 unspecified atom stereocenters. The molecule has 0 amide bonds. The lowest BCUT2D eigenvalue weighted by molar-refractivity contribution is -0.126. The van der Waals surface area contributed by atoms with Crippen LogP contribution in [0.15, 0.2) is 42.9 Å². The number of hydrogen-bond acceptors (Lipinski definition) is 7. The van der Waals surface area contributed by atoms with Gasteiger partial charge in [0.2, 0.25) is 5.88 Å². The number of anilines is 1. The number of nitrogens with zero attached hydrogens (tertiary/aromatic N) is 6. The van der Waals surface area contributed by atoms with E-state index in [0.29, 0.717) is 12.5 Å². The van der Waals surface area contributed by atoms with Crippen molar-refractivity contribution in [3.05, 3.63) is 42.9 Å². The second-order valence-corrected chi connectivity index (χ2v) is 6.61. The Morgan fingerprint density at radius 2 is 2.16 bits per heavy atom. The van der Waals surface area contributed by atoms with Gasteiger partial charge in [-0.15, -0.1) is 15.3 Å². The molecule has 0 aliphatic carbocycles. The van der Waals surface area contributed by atoms with Crippen molar-refractivity contribution in [1.29, 1.82) is 0 Å². The van der Waals surface area contributed by atoms with E-state index in [1.165, 1.54) is 0 Å². The third kappa shape index (κ3) is 2.68. The smallest absolute Gasteiger partial charge is 0.213 e. The summed E-state index contributed by atoms with van der Waals surface area (Å²) in [4.78, 5) is 6.46. The molecule has 0 N–H and O–H groups in total. The van der Waals surface area contributed by atoms with Crippen LogP contribution in [0, 0.1) is 0 Å². The van der Waals surface area contributed by atoms with Crippen LogP contribution < -0.4 is 9.64 Å². The Morgan fingerprint density at radius 1 is 1.20 bits per heavy atom. The summed E-state index contributed by atoms with van der Waals surface area (Å²) in [7, 11) is 0. The molecule has 5 rings (SSSR count). The van der Waals surface area contributed by atoms with Gasteiger partial charge in [0.1, 0.15) is 23.9 Å². The maximum Gasteiger partial charge on any atom is 0.213 e. The van der Waals surface area contributed by atoms with E-state index in [9.17, 15) is 0 Å². The fourth-order valence-corrected chi connectivity index (χ4v) is 3.59. The zero-order valence-electron chi connectivity index (χ0n) is 13.7. The number of aromatic nitrogens is 5. The Kier molecular flexibility index (Phi) is 3.30. The van der Waals surface area contributed by atoms with Crippen LogP contribution in [0.1, 0.15) is 12.8 Å². The average molecular weight is 338 g/mol. The quantitative estimate of drug-likeness (QED) is 0.713.